The van der Waals surface area contributed by atoms with Gasteiger partial charge in [0.05, 0.1) is 12.6 Å². The second-order valence-electron chi connectivity index (χ2n) is 7.70. The molecule has 0 amide bonds. The van der Waals surface area contributed by atoms with Crippen molar-refractivity contribution in [3.05, 3.63) is 29.8 Å². The summed E-state index contributed by atoms with van der Waals surface area (Å²) in [6, 6.07) is 8.25. The maximum Gasteiger partial charge on any atom is 0.126 e. The van der Waals surface area contributed by atoms with E-state index in [9.17, 15) is 0 Å². The van der Waals surface area contributed by atoms with Crippen LogP contribution in [0.3, 0.4) is 0 Å². The van der Waals surface area contributed by atoms with E-state index in [0.29, 0.717) is 5.92 Å². The molecule has 3 unspecified atom stereocenters. The van der Waals surface area contributed by atoms with Crippen molar-refractivity contribution < 1.29 is 9.47 Å². The highest BCUT2D eigenvalue weighted by Gasteiger charge is 2.49. The minimum atomic E-state index is -0.377. The van der Waals surface area contributed by atoms with E-state index < -0.39 is 0 Å². The number of nitrogens with zero attached hydrogens (tertiary/aromatic N) is 1. The SMILES string of the molecule is CN(C)CC#CC1(C)CCC2C(O1)c1ccccc1OC2(C)C. The summed E-state index contributed by atoms with van der Waals surface area (Å²) in [6.45, 7) is 7.23. The van der Waals surface area contributed by atoms with Gasteiger partial charge >= 0.3 is 0 Å². The Labute approximate surface area is 140 Å². The molecule has 3 heteroatoms. The molecule has 0 N–H and O–H groups in total. The van der Waals surface area contributed by atoms with Crippen LogP contribution >= 0.6 is 0 Å². The van der Waals surface area contributed by atoms with E-state index >= 15 is 0 Å². The zero-order valence-electron chi connectivity index (χ0n) is 14.8. The summed E-state index contributed by atoms with van der Waals surface area (Å²) in [7, 11) is 4.07. The largest absolute Gasteiger partial charge is 0.487 e. The number of ether oxygens (including phenoxy) is 2. The average molecular weight is 313 g/mol. The van der Waals surface area contributed by atoms with Gasteiger partial charge in [0.15, 0.2) is 0 Å². The molecular formula is C20H27NO2. The standard InChI is InChI=1S/C20H27NO2/c1-19(2)16-11-13-20(3,12-8-14-21(4)5)23-18(16)15-9-6-7-10-17(15)22-19/h6-7,9-10,16,18H,11,13-14H2,1-5H3. The van der Waals surface area contributed by atoms with Gasteiger partial charge in [0.1, 0.15) is 17.0 Å². The molecule has 124 valence electrons. The molecule has 0 radical (unpaired) electrons. The first-order valence-electron chi connectivity index (χ1n) is 8.41. The van der Waals surface area contributed by atoms with Crippen LogP contribution in [-0.4, -0.2) is 36.7 Å². The van der Waals surface area contributed by atoms with E-state index in [0.717, 1.165) is 30.7 Å². The van der Waals surface area contributed by atoms with Gasteiger partial charge in [-0.1, -0.05) is 30.0 Å². The van der Waals surface area contributed by atoms with Gasteiger partial charge in [-0.2, -0.15) is 0 Å². The first kappa shape index (κ1) is 16.4. The van der Waals surface area contributed by atoms with Crippen LogP contribution in [0.15, 0.2) is 24.3 Å². The van der Waals surface area contributed by atoms with Crippen molar-refractivity contribution in [2.45, 2.75) is 50.9 Å². The highest BCUT2D eigenvalue weighted by atomic mass is 16.5. The third kappa shape index (κ3) is 3.24. The molecule has 0 aliphatic carbocycles. The normalized spacial score (nSPS) is 31.4. The molecule has 23 heavy (non-hydrogen) atoms. The number of fused-ring (bicyclic) bond motifs is 3. The molecule has 3 nitrogen and oxygen atoms in total. The average Bonchev–Trinajstić information content (AvgIpc) is 2.46. The maximum absolute atomic E-state index is 6.55. The number of para-hydroxylation sites is 1. The molecule has 2 aliphatic rings. The summed E-state index contributed by atoms with van der Waals surface area (Å²) in [5.41, 5.74) is 0.576. The highest BCUT2D eigenvalue weighted by molar-refractivity contribution is 5.39. The van der Waals surface area contributed by atoms with Crippen molar-refractivity contribution in [1.82, 2.24) is 4.90 Å². The fraction of sp³-hybridized carbons (Fsp3) is 0.600. The lowest BCUT2D eigenvalue weighted by Gasteiger charge is -2.50. The monoisotopic (exact) mass is 313 g/mol. The third-order valence-electron chi connectivity index (χ3n) is 4.92. The van der Waals surface area contributed by atoms with E-state index in [1.165, 1.54) is 0 Å². The van der Waals surface area contributed by atoms with Crippen LogP contribution in [0.1, 0.15) is 45.3 Å². The fourth-order valence-electron chi connectivity index (χ4n) is 3.64. The first-order chi connectivity index (χ1) is 10.8. The van der Waals surface area contributed by atoms with Gasteiger partial charge in [0.2, 0.25) is 0 Å². The smallest absolute Gasteiger partial charge is 0.126 e. The molecule has 1 aromatic carbocycles. The molecule has 3 rings (SSSR count). The van der Waals surface area contributed by atoms with Crippen molar-refractivity contribution in [3.63, 3.8) is 0 Å². The topological polar surface area (TPSA) is 21.7 Å². The van der Waals surface area contributed by atoms with Gasteiger partial charge in [-0.05, 0) is 53.8 Å². The van der Waals surface area contributed by atoms with Gasteiger partial charge in [0, 0.05) is 11.5 Å². The quantitative estimate of drug-likeness (QED) is 0.739. The lowest BCUT2D eigenvalue weighted by Crippen LogP contribution is -2.50. The first-order valence-corrected chi connectivity index (χ1v) is 8.41. The predicted molar refractivity (Wildman–Crippen MR) is 92.4 cm³/mol. The number of hydrogen-bond acceptors (Lipinski definition) is 3. The molecule has 1 saturated heterocycles. The Morgan fingerprint density at radius 2 is 1.96 bits per heavy atom. The molecule has 0 spiro atoms. The van der Waals surface area contributed by atoms with Crippen molar-refractivity contribution >= 4 is 0 Å². The van der Waals surface area contributed by atoms with Crippen LogP contribution in [0.2, 0.25) is 0 Å². The van der Waals surface area contributed by atoms with Crippen LogP contribution < -0.4 is 4.74 Å². The Bertz CT molecular complexity index is 641. The van der Waals surface area contributed by atoms with E-state index in [4.69, 9.17) is 9.47 Å². The molecule has 0 saturated carbocycles. The van der Waals surface area contributed by atoms with Gasteiger partial charge in [-0.15, -0.1) is 0 Å². The zero-order chi connectivity index (χ0) is 16.7. The summed E-state index contributed by atoms with van der Waals surface area (Å²) in [6.07, 6.45) is 2.07. The molecule has 2 aliphatic heterocycles. The Hall–Kier alpha value is -1.50. The summed E-state index contributed by atoms with van der Waals surface area (Å²) in [5, 5.41) is 0. The van der Waals surface area contributed by atoms with Gasteiger partial charge < -0.3 is 9.47 Å². The Kier molecular flexibility index (Phi) is 4.16. The van der Waals surface area contributed by atoms with Crippen LogP contribution in [0.4, 0.5) is 0 Å². The molecule has 3 atom stereocenters. The molecule has 1 aromatic rings. The maximum atomic E-state index is 6.55. The van der Waals surface area contributed by atoms with Crippen LogP contribution in [0, 0.1) is 17.8 Å². The molecule has 0 aromatic heterocycles. The van der Waals surface area contributed by atoms with Crippen molar-refractivity contribution in [3.8, 4) is 17.6 Å². The van der Waals surface area contributed by atoms with Gasteiger partial charge in [-0.3, -0.25) is 4.90 Å². The summed E-state index contributed by atoms with van der Waals surface area (Å²) in [5.74, 6) is 7.93. The predicted octanol–water partition coefficient (Wildman–Crippen LogP) is 3.65. The minimum absolute atomic E-state index is 0.0577. The number of hydrogen-bond donors (Lipinski definition) is 0. The molecule has 0 bridgehead atoms. The summed E-state index contributed by atoms with van der Waals surface area (Å²) < 4.78 is 12.8. The molecule has 1 fully saturated rings. The molecule has 2 heterocycles. The lowest BCUT2D eigenvalue weighted by molar-refractivity contribution is -0.169. The molecular weight excluding hydrogens is 286 g/mol. The summed E-state index contributed by atoms with van der Waals surface area (Å²) in [4.78, 5) is 2.08. The van der Waals surface area contributed by atoms with Crippen molar-refractivity contribution in [1.29, 1.82) is 0 Å². The van der Waals surface area contributed by atoms with Crippen LogP contribution in [0.5, 0.6) is 5.75 Å². The van der Waals surface area contributed by atoms with E-state index in [1.54, 1.807) is 0 Å². The van der Waals surface area contributed by atoms with E-state index in [1.807, 2.05) is 26.2 Å². The van der Waals surface area contributed by atoms with Crippen LogP contribution in [-0.2, 0) is 4.74 Å². The van der Waals surface area contributed by atoms with E-state index in [-0.39, 0.29) is 17.3 Å². The lowest BCUT2D eigenvalue weighted by atomic mass is 9.73. The number of benzene rings is 1. The highest BCUT2D eigenvalue weighted by Crippen LogP contribution is 2.52. The minimum Gasteiger partial charge on any atom is -0.487 e. The second kappa shape index (κ2) is 5.85. The Morgan fingerprint density at radius 3 is 2.70 bits per heavy atom. The van der Waals surface area contributed by atoms with Gasteiger partial charge in [-0.25, -0.2) is 0 Å². The van der Waals surface area contributed by atoms with Crippen molar-refractivity contribution in [2.75, 3.05) is 20.6 Å². The summed E-state index contributed by atoms with van der Waals surface area (Å²) >= 11 is 0. The van der Waals surface area contributed by atoms with Crippen molar-refractivity contribution in [2.24, 2.45) is 5.92 Å². The van der Waals surface area contributed by atoms with E-state index in [2.05, 4.69) is 49.6 Å². The second-order valence-corrected chi connectivity index (χ2v) is 7.70. The van der Waals surface area contributed by atoms with Gasteiger partial charge in [0.25, 0.3) is 0 Å². The zero-order valence-corrected chi connectivity index (χ0v) is 14.8. The third-order valence-corrected chi connectivity index (χ3v) is 4.92. The Morgan fingerprint density at radius 1 is 1.22 bits per heavy atom. The number of rotatable bonds is 1. The van der Waals surface area contributed by atoms with Crippen LogP contribution in [0.25, 0.3) is 0 Å². The Balaban J connectivity index is 1.90. The fourth-order valence-corrected chi connectivity index (χ4v) is 3.64.